The van der Waals surface area contributed by atoms with Crippen molar-refractivity contribution in [2.45, 2.75) is 23.6 Å². The van der Waals surface area contributed by atoms with E-state index in [0.29, 0.717) is 17.2 Å². The molecule has 2 aromatic rings. The molecule has 4 atom stereocenters. The molecule has 3 rings (SSSR count). The summed E-state index contributed by atoms with van der Waals surface area (Å²) in [7, 11) is 0. The van der Waals surface area contributed by atoms with Crippen LogP contribution in [0.3, 0.4) is 0 Å². The fourth-order valence-electron chi connectivity index (χ4n) is 3.01. The van der Waals surface area contributed by atoms with Gasteiger partial charge >= 0.3 is 0 Å². The highest BCUT2D eigenvalue weighted by molar-refractivity contribution is 7.81. The van der Waals surface area contributed by atoms with Crippen LogP contribution in [0.1, 0.15) is 0 Å². The van der Waals surface area contributed by atoms with Gasteiger partial charge < -0.3 is 25.2 Å². The minimum Gasteiger partial charge on any atom is -0.457 e. The highest BCUT2D eigenvalue weighted by Crippen LogP contribution is 2.27. The van der Waals surface area contributed by atoms with Crippen LogP contribution in [0.15, 0.2) is 66.2 Å². The first-order valence-electron chi connectivity index (χ1n) is 9.80. The Labute approximate surface area is 200 Å². The summed E-state index contributed by atoms with van der Waals surface area (Å²) < 4.78 is 5.72. The Morgan fingerprint density at radius 2 is 1.61 bits per heavy atom. The molecule has 0 bridgehead atoms. The SMILES string of the molecule is O=C1NC(=S)N(c2ccc(Oc3ccccc3)cc2)C(=O)/C1=C/[C@H](O)[C@@H](O)[C@H](O)[C@H](S)CO. The Kier molecular flexibility index (Phi) is 8.19. The quantitative estimate of drug-likeness (QED) is 0.136. The summed E-state index contributed by atoms with van der Waals surface area (Å²) in [5, 5.41) is 40.4. The molecular weight excluding hydrogens is 468 g/mol. The van der Waals surface area contributed by atoms with Crippen molar-refractivity contribution in [3.05, 3.63) is 66.2 Å². The van der Waals surface area contributed by atoms with Gasteiger partial charge in [0.2, 0.25) is 0 Å². The van der Waals surface area contributed by atoms with Gasteiger partial charge in [-0.2, -0.15) is 12.6 Å². The second-order valence-electron chi connectivity index (χ2n) is 7.11. The number of nitrogens with one attached hydrogen (secondary N) is 1. The fourth-order valence-corrected chi connectivity index (χ4v) is 3.46. The average Bonchev–Trinajstić information content (AvgIpc) is 2.81. The molecule has 1 heterocycles. The molecule has 0 saturated carbocycles. The lowest BCUT2D eigenvalue weighted by Gasteiger charge is -2.30. The van der Waals surface area contributed by atoms with Crippen LogP contribution in [0.2, 0.25) is 0 Å². The molecule has 33 heavy (non-hydrogen) atoms. The van der Waals surface area contributed by atoms with E-state index in [2.05, 4.69) is 17.9 Å². The second kappa shape index (κ2) is 10.9. The molecule has 0 unspecified atom stereocenters. The number of amides is 2. The van der Waals surface area contributed by atoms with E-state index < -0.39 is 47.6 Å². The average molecular weight is 491 g/mol. The zero-order valence-electron chi connectivity index (χ0n) is 17.1. The number of carbonyl (C=O) groups is 2. The first-order valence-corrected chi connectivity index (χ1v) is 10.7. The number of thiol groups is 1. The molecule has 0 aromatic heterocycles. The summed E-state index contributed by atoms with van der Waals surface area (Å²) in [6, 6.07) is 15.5. The van der Waals surface area contributed by atoms with Crippen molar-refractivity contribution in [1.29, 1.82) is 0 Å². The normalized spacial score (nSPS) is 19.1. The van der Waals surface area contributed by atoms with Crippen LogP contribution in [-0.2, 0) is 9.59 Å². The van der Waals surface area contributed by atoms with Crippen LogP contribution < -0.4 is 15.0 Å². The van der Waals surface area contributed by atoms with E-state index in [1.54, 1.807) is 36.4 Å². The van der Waals surface area contributed by atoms with E-state index in [-0.39, 0.29) is 5.11 Å². The van der Waals surface area contributed by atoms with Crippen molar-refractivity contribution < 1.29 is 34.8 Å². The van der Waals surface area contributed by atoms with Crippen molar-refractivity contribution >= 4 is 47.5 Å². The third kappa shape index (κ3) is 5.77. The van der Waals surface area contributed by atoms with Crippen LogP contribution >= 0.6 is 24.8 Å². The largest absolute Gasteiger partial charge is 0.457 e. The number of nitrogens with zero attached hydrogens (tertiary/aromatic N) is 1. The molecule has 1 aliphatic rings. The minimum absolute atomic E-state index is 0.162. The van der Waals surface area contributed by atoms with E-state index in [1.165, 1.54) is 0 Å². The third-order valence-electron chi connectivity index (χ3n) is 4.79. The van der Waals surface area contributed by atoms with E-state index >= 15 is 0 Å². The molecule has 174 valence electrons. The Morgan fingerprint density at radius 1 is 1.00 bits per heavy atom. The molecule has 1 aliphatic heterocycles. The Bertz CT molecular complexity index is 1050. The number of para-hydroxylation sites is 1. The van der Waals surface area contributed by atoms with Gasteiger partial charge in [-0.25, -0.2) is 0 Å². The van der Waals surface area contributed by atoms with Crippen LogP contribution in [0.25, 0.3) is 0 Å². The first kappa shape index (κ1) is 24.8. The maximum atomic E-state index is 13.0. The van der Waals surface area contributed by atoms with E-state index in [9.17, 15) is 24.9 Å². The molecule has 9 nitrogen and oxygen atoms in total. The lowest BCUT2D eigenvalue weighted by atomic mass is 10.0. The number of aliphatic hydroxyl groups is 4. The summed E-state index contributed by atoms with van der Waals surface area (Å²) in [6.07, 6.45) is -4.38. The molecule has 0 radical (unpaired) electrons. The minimum atomic E-state index is -1.80. The standard InChI is InChI=1S/C22H22N2O7S2/c25-11-17(32)19(28)18(27)16(26)10-15-20(29)23-22(33)24(21(15)30)12-6-8-14(9-7-12)31-13-4-2-1-3-5-13/h1-10,16-19,25-28,32H,11H2,(H,23,29,33)/b15-10+/t16-,17+,18+,19+/m0/s1. The molecule has 1 fully saturated rings. The highest BCUT2D eigenvalue weighted by atomic mass is 32.1. The van der Waals surface area contributed by atoms with E-state index in [4.69, 9.17) is 22.1 Å². The summed E-state index contributed by atoms with van der Waals surface area (Å²) in [4.78, 5) is 26.4. The molecule has 0 aliphatic carbocycles. The maximum Gasteiger partial charge on any atom is 0.269 e. The van der Waals surface area contributed by atoms with Gasteiger partial charge in [-0.3, -0.25) is 19.8 Å². The van der Waals surface area contributed by atoms with Crippen molar-refractivity contribution in [2.75, 3.05) is 11.5 Å². The number of ether oxygens (including phenoxy) is 1. The molecule has 2 amide bonds. The van der Waals surface area contributed by atoms with Gasteiger partial charge in [0.25, 0.3) is 11.8 Å². The van der Waals surface area contributed by atoms with E-state index in [1.807, 2.05) is 18.2 Å². The number of carbonyl (C=O) groups excluding carboxylic acids is 2. The lowest BCUT2D eigenvalue weighted by Crippen LogP contribution is -2.55. The number of hydrogen-bond acceptors (Lipinski definition) is 9. The summed E-state index contributed by atoms with van der Waals surface area (Å²) in [5.41, 5.74) is -0.145. The van der Waals surface area contributed by atoms with Gasteiger partial charge in [0.1, 0.15) is 29.3 Å². The first-order chi connectivity index (χ1) is 15.7. The number of rotatable bonds is 8. The maximum absolute atomic E-state index is 13.0. The smallest absolute Gasteiger partial charge is 0.269 e. The molecule has 5 N–H and O–H groups in total. The van der Waals surface area contributed by atoms with Crippen LogP contribution in [0.5, 0.6) is 11.5 Å². The topological polar surface area (TPSA) is 140 Å². The third-order valence-corrected chi connectivity index (χ3v) is 5.55. The summed E-state index contributed by atoms with van der Waals surface area (Å²) >= 11 is 9.04. The van der Waals surface area contributed by atoms with Gasteiger partial charge in [0.15, 0.2) is 5.11 Å². The monoisotopic (exact) mass is 490 g/mol. The van der Waals surface area contributed by atoms with Crippen LogP contribution in [-0.4, -0.2) is 67.5 Å². The van der Waals surface area contributed by atoms with Crippen molar-refractivity contribution in [3.63, 3.8) is 0 Å². The fraction of sp³-hybridized carbons (Fsp3) is 0.227. The summed E-state index contributed by atoms with van der Waals surface area (Å²) in [6.45, 7) is -0.559. The number of anilines is 1. The molecule has 1 saturated heterocycles. The van der Waals surface area contributed by atoms with E-state index in [0.717, 1.165) is 11.0 Å². The molecular formula is C22H22N2O7S2. The lowest BCUT2D eigenvalue weighted by molar-refractivity contribution is -0.122. The van der Waals surface area contributed by atoms with Gasteiger partial charge in [-0.15, -0.1) is 0 Å². The van der Waals surface area contributed by atoms with Gasteiger partial charge in [-0.1, -0.05) is 18.2 Å². The zero-order valence-corrected chi connectivity index (χ0v) is 18.8. The van der Waals surface area contributed by atoms with Crippen molar-refractivity contribution in [2.24, 2.45) is 0 Å². The molecule has 0 spiro atoms. The Hall–Kier alpha value is -2.80. The molecule has 11 heteroatoms. The second-order valence-corrected chi connectivity index (χ2v) is 8.16. The van der Waals surface area contributed by atoms with Crippen molar-refractivity contribution in [1.82, 2.24) is 5.32 Å². The molecule has 2 aromatic carbocycles. The predicted octanol–water partition coefficient (Wildman–Crippen LogP) is 0.526. The van der Waals surface area contributed by atoms with Crippen molar-refractivity contribution in [3.8, 4) is 11.5 Å². The zero-order chi connectivity index (χ0) is 24.1. The Balaban J connectivity index is 1.80. The van der Waals surface area contributed by atoms with Gasteiger partial charge in [0.05, 0.1) is 23.6 Å². The predicted molar refractivity (Wildman–Crippen MR) is 127 cm³/mol. The van der Waals surface area contributed by atoms with Gasteiger partial charge in [0, 0.05) is 0 Å². The van der Waals surface area contributed by atoms with Crippen LogP contribution in [0, 0.1) is 0 Å². The Morgan fingerprint density at radius 3 is 2.21 bits per heavy atom. The highest BCUT2D eigenvalue weighted by Gasteiger charge is 2.36. The number of hydrogen-bond donors (Lipinski definition) is 6. The van der Waals surface area contributed by atoms with Gasteiger partial charge in [-0.05, 0) is 54.7 Å². The number of thiocarbonyl (C=S) groups is 1. The number of benzene rings is 2. The van der Waals surface area contributed by atoms with Crippen LogP contribution in [0.4, 0.5) is 5.69 Å². The summed E-state index contributed by atoms with van der Waals surface area (Å²) in [5.74, 6) is -0.550. The number of aliphatic hydroxyl groups excluding tert-OH is 4.